The van der Waals surface area contributed by atoms with Crippen LogP contribution in [-0.2, 0) is 11.4 Å². The van der Waals surface area contributed by atoms with Gasteiger partial charge in [-0.25, -0.2) is 0 Å². The van der Waals surface area contributed by atoms with Gasteiger partial charge in [0.05, 0.1) is 24.5 Å². The number of nitrogens with zero attached hydrogens (tertiary/aromatic N) is 3. The van der Waals surface area contributed by atoms with Crippen molar-refractivity contribution in [3.8, 4) is 22.9 Å². The molecule has 0 bridgehead atoms. The van der Waals surface area contributed by atoms with Crippen LogP contribution < -0.4 is 19.5 Å². The molecule has 36 heavy (non-hydrogen) atoms. The first-order chi connectivity index (χ1) is 17.6. The molecule has 1 N–H and O–H groups in total. The van der Waals surface area contributed by atoms with E-state index in [0.717, 1.165) is 17.2 Å². The highest BCUT2D eigenvalue weighted by Gasteiger charge is 2.17. The number of carbonyl (C=O) groups is 1. The van der Waals surface area contributed by atoms with Crippen molar-refractivity contribution < 1.29 is 19.0 Å². The minimum Gasteiger partial charge on any atom is -0.495 e. The Labute approximate surface area is 218 Å². The van der Waals surface area contributed by atoms with Crippen LogP contribution in [0.25, 0.3) is 5.69 Å². The molecule has 1 amide bonds. The molecular weight excluding hydrogens is 500 g/mol. The highest BCUT2D eigenvalue weighted by Crippen LogP contribution is 2.28. The van der Waals surface area contributed by atoms with Gasteiger partial charge in [0.25, 0.3) is 0 Å². The summed E-state index contributed by atoms with van der Waals surface area (Å²) in [7, 11) is 1.54. The second kappa shape index (κ2) is 12.3. The molecule has 0 aliphatic rings. The molecule has 10 heteroatoms. The molecular formula is C26H25ClN4O4S. The Hall–Kier alpha value is -3.69. The molecule has 4 aromatic rings. The fraction of sp³-hybridized carbons (Fsp3) is 0.192. The van der Waals surface area contributed by atoms with Gasteiger partial charge in [-0.15, -0.1) is 10.2 Å². The smallest absolute Gasteiger partial charge is 0.234 e. The van der Waals surface area contributed by atoms with E-state index in [1.165, 1.54) is 18.9 Å². The topological polar surface area (TPSA) is 87.5 Å². The molecule has 0 saturated carbocycles. The highest BCUT2D eigenvalue weighted by molar-refractivity contribution is 7.99. The summed E-state index contributed by atoms with van der Waals surface area (Å²) in [5.41, 5.74) is 1.41. The van der Waals surface area contributed by atoms with Crippen LogP contribution in [0.5, 0.6) is 17.2 Å². The van der Waals surface area contributed by atoms with Gasteiger partial charge in [-0.3, -0.25) is 9.36 Å². The van der Waals surface area contributed by atoms with Gasteiger partial charge >= 0.3 is 0 Å². The summed E-state index contributed by atoms with van der Waals surface area (Å²) in [4.78, 5) is 12.6. The van der Waals surface area contributed by atoms with Gasteiger partial charge in [0.15, 0.2) is 11.0 Å². The Morgan fingerprint density at radius 1 is 1.00 bits per heavy atom. The largest absolute Gasteiger partial charge is 0.495 e. The lowest BCUT2D eigenvalue weighted by molar-refractivity contribution is -0.113. The lowest BCUT2D eigenvalue weighted by atomic mass is 10.3. The summed E-state index contributed by atoms with van der Waals surface area (Å²) in [6, 6.07) is 22.2. The number of rotatable bonds is 11. The van der Waals surface area contributed by atoms with Gasteiger partial charge < -0.3 is 19.5 Å². The van der Waals surface area contributed by atoms with Gasteiger partial charge in [0.1, 0.15) is 23.9 Å². The summed E-state index contributed by atoms with van der Waals surface area (Å²) in [5.74, 6) is 2.56. The lowest BCUT2D eigenvalue weighted by Crippen LogP contribution is -2.15. The summed E-state index contributed by atoms with van der Waals surface area (Å²) in [6.45, 7) is 2.73. The van der Waals surface area contributed by atoms with Crippen LogP contribution in [0.15, 0.2) is 78.0 Å². The fourth-order valence-electron chi connectivity index (χ4n) is 3.34. The zero-order valence-corrected chi connectivity index (χ0v) is 21.4. The molecule has 0 saturated heterocycles. The molecule has 1 aromatic heterocycles. The van der Waals surface area contributed by atoms with E-state index < -0.39 is 0 Å². The van der Waals surface area contributed by atoms with E-state index in [2.05, 4.69) is 15.5 Å². The van der Waals surface area contributed by atoms with Crippen molar-refractivity contribution in [1.82, 2.24) is 14.8 Å². The number of ether oxygens (including phenoxy) is 3. The number of aromatic nitrogens is 3. The number of anilines is 1. The third-order valence-corrected chi connectivity index (χ3v) is 6.21. The maximum atomic E-state index is 12.6. The number of nitrogens with one attached hydrogen (secondary N) is 1. The highest BCUT2D eigenvalue weighted by atomic mass is 35.5. The van der Waals surface area contributed by atoms with Crippen LogP contribution in [0.2, 0.25) is 5.02 Å². The maximum Gasteiger partial charge on any atom is 0.234 e. The molecule has 8 nitrogen and oxygen atoms in total. The predicted molar refractivity (Wildman–Crippen MR) is 141 cm³/mol. The number of halogens is 1. The van der Waals surface area contributed by atoms with E-state index in [1.807, 2.05) is 66.1 Å². The third kappa shape index (κ3) is 6.50. The number of hydrogen-bond acceptors (Lipinski definition) is 7. The molecule has 0 aliphatic heterocycles. The van der Waals surface area contributed by atoms with Crippen molar-refractivity contribution in [3.63, 3.8) is 0 Å². The quantitative estimate of drug-likeness (QED) is 0.254. The van der Waals surface area contributed by atoms with Gasteiger partial charge in [0, 0.05) is 11.4 Å². The molecule has 4 rings (SSSR count). The number of amides is 1. The third-order valence-electron chi connectivity index (χ3n) is 4.99. The molecule has 0 fully saturated rings. The monoisotopic (exact) mass is 524 g/mol. The molecule has 186 valence electrons. The Balaban J connectivity index is 1.50. The first-order valence-corrected chi connectivity index (χ1v) is 12.5. The standard InChI is InChI=1S/C26H25ClN4O4S/c1-3-34-21-12-10-19(11-13-21)31-24(16-35-20-7-5-4-6-8-20)29-30-26(31)36-17-25(32)28-18-9-14-23(33-2)22(27)15-18/h4-15H,3,16-17H2,1-2H3,(H,28,32). The summed E-state index contributed by atoms with van der Waals surface area (Å²) in [6.07, 6.45) is 0. The van der Waals surface area contributed by atoms with Crippen molar-refractivity contribution >= 4 is 35.0 Å². The van der Waals surface area contributed by atoms with Crippen molar-refractivity contribution in [3.05, 3.63) is 83.6 Å². The Bertz CT molecular complexity index is 1300. The number of carbonyl (C=O) groups excluding carboxylic acids is 1. The Morgan fingerprint density at radius 3 is 2.44 bits per heavy atom. The fourth-order valence-corrected chi connectivity index (χ4v) is 4.37. The van der Waals surface area contributed by atoms with Gasteiger partial charge in [-0.1, -0.05) is 41.6 Å². The Morgan fingerprint density at radius 2 is 1.75 bits per heavy atom. The SMILES string of the molecule is CCOc1ccc(-n2c(COc3ccccc3)nnc2SCC(=O)Nc2ccc(OC)c(Cl)c2)cc1. The number of hydrogen-bond donors (Lipinski definition) is 1. The van der Waals surface area contributed by atoms with Gasteiger partial charge in [0.2, 0.25) is 5.91 Å². The zero-order chi connectivity index (χ0) is 25.3. The predicted octanol–water partition coefficient (Wildman–Crippen LogP) is 5.64. The van der Waals surface area contributed by atoms with Crippen LogP contribution >= 0.6 is 23.4 Å². The zero-order valence-electron chi connectivity index (χ0n) is 19.8. The molecule has 1 heterocycles. The van der Waals surface area contributed by atoms with Crippen molar-refractivity contribution in [2.45, 2.75) is 18.7 Å². The molecule has 0 spiro atoms. The molecule has 0 unspecified atom stereocenters. The van der Waals surface area contributed by atoms with E-state index >= 15 is 0 Å². The number of methoxy groups -OCH3 is 1. The summed E-state index contributed by atoms with van der Waals surface area (Å²) < 4.78 is 18.5. The van der Waals surface area contributed by atoms with Crippen molar-refractivity contribution in [1.29, 1.82) is 0 Å². The van der Waals surface area contributed by atoms with Crippen LogP contribution in [0.1, 0.15) is 12.7 Å². The first-order valence-electron chi connectivity index (χ1n) is 11.2. The lowest BCUT2D eigenvalue weighted by Gasteiger charge is -2.12. The van der Waals surface area contributed by atoms with Crippen molar-refractivity contribution in [2.24, 2.45) is 0 Å². The van der Waals surface area contributed by atoms with Crippen LogP contribution in [0.4, 0.5) is 5.69 Å². The van der Waals surface area contributed by atoms with Gasteiger partial charge in [-0.05, 0) is 61.5 Å². The minimum absolute atomic E-state index is 0.123. The van der Waals surface area contributed by atoms with Gasteiger partial charge in [-0.2, -0.15) is 0 Å². The number of thioether (sulfide) groups is 1. The van der Waals surface area contributed by atoms with E-state index in [0.29, 0.717) is 34.0 Å². The minimum atomic E-state index is -0.204. The molecule has 3 aromatic carbocycles. The average molecular weight is 525 g/mol. The summed E-state index contributed by atoms with van der Waals surface area (Å²) in [5, 5.41) is 12.5. The van der Waals surface area contributed by atoms with Crippen molar-refractivity contribution in [2.75, 3.05) is 24.8 Å². The van der Waals surface area contributed by atoms with E-state index in [9.17, 15) is 4.79 Å². The second-order valence-corrected chi connectivity index (χ2v) is 8.80. The summed E-state index contributed by atoms with van der Waals surface area (Å²) >= 11 is 7.43. The normalized spacial score (nSPS) is 10.6. The van der Waals surface area contributed by atoms with E-state index in [-0.39, 0.29) is 18.3 Å². The van der Waals surface area contributed by atoms with Crippen LogP contribution in [0, 0.1) is 0 Å². The molecule has 0 atom stereocenters. The average Bonchev–Trinajstić information content (AvgIpc) is 3.30. The second-order valence-electron chi connectivity index (χ2n) is 7.45. The van der Waals surface area contributed by atoms with Crippen LogP contribution in [0.3, 0.4) is 0 Å². The maximum absolute atomic E-state index is 12.6. The molecule has 0 aliphatic carbocycles. The Kier molecular flexibility index (Phi) is 8.70. The number of para-hydroxylation sites is 1. The van der Waals surface area contributed by atoms with E-state index in [4.69, 9.17) is 25.8 Å². The number of benzene rings is 3. The first kappa shape index (κ1) is 25.4. The molecule has 0 radical (unpaired) electrons. The van der Waals surface area contributed by atoms with E-state index in [1.54, 1.807) is 18.2 Å². The van der Waals surface area contributed by atoms with Crippen LogP contribution in [-0.4, -0.2) is 40.1 Å².